The number of rotatable bonds is 4. The van der Waals surface area contributed by atoms with E-state index in [4.69, 9.17) is 18.6 Å². The maximum Gasteiger partial charge on any atom is 0.338 e. The van der Waals surface area contributed by atoms with E-state index < -0.39 is 6.10 Å². The van der Waals surface area contributed by atoms with Crippen LogP contribution in [0.4, 0.5) is 0 Å². The Bertz CT molecular complexity index is 1360. The van der Waals surface area contributed by atoms with E-state index in [1.165, 1.54) is 13.0 Å². The molecule has 4 aliphatic carbocycles. The van der Waals surface area contributed by atoms with Gasteiger partial charge in [-0.3, -0.25) is 4.79 Å². The number of carbonyl (C=O) groups is 2. The van der Waals surface area contributed by atoms with E-state index in [9.17, 15) is 14.4 Å². The van der Waals surface area contributed by atoms with Crippen molar-refractivity contribution >= 4 is 11.9 Å². The van der Waals surface area contributed by atoms with Crippen LogP contribution in [0.1, 0.15) is 87.6 Å². The third kappa shape index (κ3) is 3.62. The maximum atomic E-state index is 13.3. The first-order chi connectivity index (χ1) is 19.2. The van der Waals surface area contributed by atoms with Gasteiger partial charge in [-0.15, -0.1) is 0 Å². The summed E-state index contributed by atoms with van der Waals surface area (Å²) in [5.41, 5.74) is 0.548. The fraction of sp³-hybridized carbons (Fsp3) is 0.606. The molecular weight excluding hydrogens is 508 g/mol. The first-order valence-electron chi connectivity index (χ1n) is 14.9. The number of ether oxygens (including phenoxy) is 3. The molecular formula is C33H38O7. The number of benzene rings is 1. The van der Waals surface area contributed by atoms with Gasteiger partial charge in [-0.2, -0.15) is 0 Å². The van der Waals surface area contributed by atoms with Crippen LogP contribution in [0, 0.1) is 28.6 Å². The van der Waals surface area contributed by atoms with Crippen LogP contribution in [0.5, 0.6) is 0 Å². The fourth-order valence-electron chi connectivity index (χ4n) is 10.00. The van der Waals surface area contributed by atoms with Crippen molar-refractivity contribution < 1.29 is 28.2 Å². The minimum atomic E-state index is -0.464. The zero-order chi connectivity index (χ0) is 27.9. The van der Waals surface area contributed by atoms with Crippen LogP contribution in [-0.2, 0) is 19.0 Å². The minimum Gasteiger partial charge on any atom is -0.463 e. The Labute approximate surface area is 234 Å². The summed E-state index contributed by atoms with van der Waals surface area (Å²) >= 11 is 0. The largest absolute Gasteiger partial charge is 0.463 e. The molecule has 0 bridgehead atoms. The van der Waals surface area contributed by atoms with Crippen molar-refractivity contribution in [3.05, 3.63) is 70.3 Å². The van der Waals surface area contributed by atoms with Crippen LogP contribution in [-0.4, -0.2) is 35.9 Å². The molecule has 0 unspecified atom stereocenters. The maximum absolute atomic E-state index is 13.3. The van der Waals surface area contributed by atoms with Crippen LogP contribution >= 0.6 is 0 Å². The lowest BCUT2D eigenvalue weighted by Gasteiger charge is -2.61. The fourth-order valence-corrected chi connectivity index (χ4v) is 10.00. The SMILES string of the molecule is CC(=O)O[C@H]1CC[C@@]2(C)[C@H](CC[C@@H]3[C@@H]2CC[C@]2(C)[C@@H](c4ccc(=O)oc4)[C@@H](OC(=O)c4ccccc4)[C@H]4O[C@]342)C1. The smallest absolute Gasteiger partial charge is 0.338 e. The lowest BCUT2D eigenvalue weighted by Crippen LogP contribution is -2.58. The standard InChI is InChI=1S/C33H38O7/c1-19(34)38-23-13-15-31(2)22(17-23)10-11-25-24(31)14-16-32(3)27(21-9-12-26(35)37-18-21)28(29-33(25,32)40-29)39-30(36)20-7-5-4-6-8-20/h4-9,12,18,22-25,27-29H,10-11,13-17H2,1-3H3/t22-,23+,24+,25-,27+,28-,29-,31+,32-,33-/m1/s1. The molecule has 1 spiro atoms. The number of fused-ring (bicyclic) bond motifs is 3. The van der Waals surface area contributed by atoms with Crippen molar-refractivity contribution in [2.45, 2.75) is 95.5 Å². The van der Waals surface area contributed by atoms with Gasteiger partial charge in [0.05, 0.1) is 11.8 Å². The second kappa shape index (κ2) is 9.04. The predicted molar refractivity (Wildman–Crippen MR) is 146 cm³/mol. The van der Waals surface area contributed by atoms with Gasteiger partial charge in [0.2, 0.25) is 0 Å². The number of hydrogen-bond donors (Lipinski definition) is 0. The van der Waals surface area contributed by atoms with Gasteiger partial charge in [0.25, 0.3) is 0 Å². The van der Waals surface area contributed by atoms with Gasteiger partial charge in [-0.1, -0.05) is 32.0 Å². The van der Waals surface area contributed by atoms with E-state index >= 15 is 0 Å². The molecule has 0 amide bonds. The van der Waals surface area contributed by atoms with Crippen molar-refractivity contribution in [3.8, 4) is 0 Å². The molecule has 1 aromatic heterocycles. The third-order valence-electron chi connectivity index (χ3n) is 11.7. The average molecular weight is 547 g/mol. The van der Waals surface area contributed by atoms with Gasteiger partial charge in [-0.25, -0.2) is 9.59 Å². The van der Waals surface area contributed by atoms with Crippen molar-refractivity contribution in [3.63, 3.8) is 0 Å². The molecule has 5 fully saturated rings. The minimum absolute atomic E-state index is 0.0226. The summed E-state index contributed by atoms with van der Waals surface area (Å²) in [7, 11) is 0. The molecule has 1 saturated heterocycles. The van der Waals surface area contributed by atoms with Crippen molar-refractivity contribution in [2.24, 2.45) is 28.6 Å². The molecule has 212 valence electrons. The highest BCUT2D eigenvalue weighted by molar-refractivity contribution is 5.89. The predicted octanol–water partition coefficient (Wildman–Crippen LogP) is 5.66. The van der Waals surface area contributed by atoms with Gasteiger partial charge in [0.15, 0.2) is 0 Å². The van der Waals surface area contributed by atoms with E-state index in [-0.39, 0.29) is 52.1 Å². The Kier molecular flexibility index (Phi) is 5.87. The second-order valence-electron chi connectivity index (χ2n) is 13.4. The van der Waals surface area contributed by atoms with E-state index in [1.54, 1.807) is 18.4 Å². The summed E-state index contributed by atoms with van der Waals surface area (Å²) in [5, 5.41) is 0. The molecule has 2 heterocycles. The number of esters is 2. The highest BCUT2D eigenvalue weighted by atomic mass is 16.7. The summed E-state index contributed by atoms with van der Waals surface area (Å²) in [6.07, 6.45) is 8.00. The molecule has 2 aromatic rings. The summed E-state index contributed by atoms with van der Waals surface area (Å²) in [6, 6.07) is 12.4. The van der Waals surface area contributed by atoms with Crippen LogP contribution in [0.3, 0.4) is 0 Å². The number of epoxide rings is 1. The first kappa shape index (κ1) is 26.0. The van der Waals surface area contributed by atoms with Crippen molar-refractivity contribution in [1.82, 2.24) is 0 Å². The van der Waals surface area contributed by atoms with Crippen LogP contribution < -0.4 is 5.63 Å². The van der Waals surface area contributed by atoms with Crippen molar-refractivity contribution in [1.29, 1.82) is 0 Å². The molecule has 4 saturated carbocycles. The molecule has 1 aliphatic heterocycles. The second-order valence-corrected chi connectivity index (χ2v) is 13.4. The van der Waals surface area contributed by atoms with Gasteiger partial charge in [0, 0.05) is 24.3 Å². The monoisotopic (exact) mass is 546 g/mol. The topological polar surface area (TPSA) is 95.3 Å². The average Bonchev–Trinajstić information content (AvgIpc) is 3.64. The Morgan fingerprint density at radius 1 is 0.925 bits per heavy atom. The van der Waals surface area contributed by atoms with Gasteiger partial charge in [-0.05, 0) is 91.9 Å². The Hall–Kier alpha value is -2.93. The Balaban J connectivity index is 1.23. The summed E-state index contributed by atoms with van der Waals surface area (Å²) in [6.45, 7) is 6.27. The molecule has 0 radical (unpaired) electrons. The lowest BCUT2D eigenvalue weighted by molar-refractivity contribution is -0.164. The van der Waals surface area contributed by atoms with Gasteiger partial charge in [0.1, 0.15) is 23.9 Å². The molecule has 5 aliphatic rings. The van der Waals surface area contributed by atoms with E-state index in [0.717, 1.165) is 50.5 Å². The molecule has 7 rings (SSSR count). The normalized spacial score (nSPS) is 42.9. The summed E-state index contributed by atoms with van der Waals surface area (Å²) < 4.78 is 24.1. The molecule has 0 N–H and O–H groups in total. The Morgan fingerprint density at radius 3 is 2.45 bits per heavy atom. The zero-order valence-corrected chi connectivity index (χ0v) is 23.5. The highest BCUT2D eigenvalue weighted by Gasteiger charge is 2.84. The summed E-state index contributed by atoms with van der Waals surface area (Å²) in [4.78, 5) is 36.8. The Morgan fingerprint density at radius 2 is 1.73 bits per heavy atom. The lowest BCUT2D eigenvalue weighted by atomic mass is 9.44. The summed E-state index contributed by atoms with van der Waals surface area (Å²) in [5.74, 6) is 0.721. The first-order valence-corrected chi connectivity index (χ1v) is 14.9. The van der Waals surface area contributed by atoms with Crippen LogP contribution in [0.15, 0.2) is 57.9 Å². The third-order valence-corrected chi connectivity index (χ3v) is 11.7. The molecule has 40 heavy (non-hydrogen) atoms. The van der Waals surface area contributed by atoms with Crippen LogP contribution in [0.25, 0.3) is 0 Å². The van der Waals surface area contributed by atoms with E-state index in [1.807, 2.05) is 24.3 Å². The molecule has 7 nitrogen and oxygen atoms in total. The molecule has 1 aromatic carbocycles. The quantitative estimate of drug-likeness (QED) is 0.360. The number of carbonyl (C=O) groups excluding carboxylic acids is 2. The highest BCUT2D eigenvalue weighted by Crippen LogP contribution is 2.78. The van der Waals surface area contributed by atoms with Gasteiger partial charge < -0.3 is 18.6 Å². The molecule has 7 heteroatoms. The number of hydrogen-bond acceptors (Lipinski definition) is 7. The van der Waals surface area contributed by atoms with Crippen molar-refractivity contribution in [2.75, 3.05) is 0 Å². The van der Waals surface area contributed by atoms with Gasteiger partial charge >= 0.3 is 17.6 Å². The zero-order valence-electron chi connectivity index (χ0n) is 23.5. The van der Waals surface area contributed by atoms with Crippen LogP contribution in [0.2, 0.25) is 0 Å². The molecule has 10 atom stereocenters. The van der Waals surface area contributed by atoms with E-state index in [2.05, 4.69) is 13.8 Å². The van der Waals surface area contributed by atoms with E-state index in [0.29, 0.717) is 23.3 Å².